The fourth-order valence-corrected chi connectivity index (χ4v) is 3.54. The van der Waals surface area contributed by atoms with Gasteiger partial charge in [-0.15, -0.1) is 11.3 Å². The standard InChI is InChI=1S/C19H19NS/c1-14-12-13-21-19(14)15(2)20-18-11-7-6-10-17(18)16-8-4-3-5-9-16/h3-13,15,20H,1-2H3. The third kappa shape index (κ3) is 3.01. The van der Waals surface area contributed by atoms with Gasteiger partial charge in [-0.05, 0) is 42.5 Å². The van der Waals surface area contributed by atoms with Gasteiger partial charge in [0.2, 0.25) is 0 Å². The monoisotopic (exact) mass is 293 g/mol. The van der Waals surface area contributed by atoms with E-state index in [9.17, 15) is 0 Å². The van der Waals surface area contributed by atoms with Crippen LogP contribution in [0, 0.1) is 6.92 Å². The van der Waals surface area contributed by atoms with Crippen LogP contribution in [0.15, 0.2) is 66.0 Å². The molecule has 1 N–H and O–H groups in total. The SMILES string of the molecule is Cc1ccsc1C(C)Nc1ccccc1-c1ccccc1. The molecule has 2 heteroatoms. The van der Waals surface area contributed by atoms with Gasteiger partial charge in [0.15, 0.2) is 0 Å². The summed E-state index contributed by atoms with van der Waals surface area (Å²) in [5, 5.41) is 5.82. The van der Waals surface area contributed by atoms with Crippen LogP contribution in [0.4, 0.5) is 5.69 Å². The van der Waals surface area contributed by atoms with Crippen LogP contribution < -0.4 is 5.32 Å². The second-order valence-corrected chi connectivity index (χ2v) is 6.19. The fourth-order valence-electron chi connectivity index (χ4n) is 2.61. The second kappa shape index (κ2) is 6.15. The lowest BCUT2D eigenvalue weighted by molar-refractivity contribution is 0.900. The van der Waals surface area contributed by atoms with Crippen molar-refractivity contribution in [1.29, 1.82) is 0 Å². The maximum atomic E-state index is 3.66. The molecule has 0 saturated heterocycles. The molecule has 3 aromatic rings. The molecule has 1 nitrogen and oxygen atoms in total. The number of thiophene rings is 1. The number of nitrogens with one attached hydrogen (secondary N) is 1. The van der Waals surface area contributed by atoms with Crippen molar-refractivity contribution in [3.8, 4) is 11.1 Å². The Morgan fingerprint density at radius 2 is 1.62 bits per heavy atom. The number of rotatable bonds is 4. The van der Waals surface area contributed by atoms with Crippen molar-refractivity contribution in [2.75, 3.05) is 5.32 Å². The van der Waals surface area contributed by atoms with E-state index in [1.807, 2.05) is 11.3 Å². The van der Waals surface area contributed by atoms with Gasteiger partial charge in [0.05, 0.1) is 6.04 Å². The van der Waals surface area contributed by atoms with E-state index in [1.54, 1.807) is 0 Å². The number of benzene rings is 2. The molecule has 0 saturated carbocycles. The van der Waals surface area contributed by atoms with Gasteiger partial charge in [-0.25, -0.2) is 0 Å². The molecule has 0 fully saturated rings. The minimum Gasteiger partial charge on any atom is -0.377 e. The Morgan fingerprint density at radius 3 is 2.33 bits per heavy atom. The highest BCUT2D eigenvalue weighted by molar-refractivity contribution is 7.10. The quantitative estimate of drug-likeness (QED) is 0.631. The zero-order chi connectivity index (χ0) is 14.7. The Labute approximate surface area is 130 Å². The van der Waals surface area contributed by atoms with Crippen molar-refractivity contribution in [2.45, 2.75) is 19.9 Å². The highest BCUT2D eigenvalue weighted by Gasteiger charge is 2.12. The van der Waals surface area contributed by atoms with Crippen molar-refractivity contribution >= 4 is 17.0 Å². The first kappa shape index (κ1) is 13.9. The molecule has 0 amide bonds. The van der Waals surface area contributed by atoms with E-state index < -0.39 is 0 Å². The van der Waals surface area contributed by atoms with Gasteiger partial charge in [-0.3, -0.25) is 0 Å². The lowest BCUT2D eigenvalue weighted by atomic mass is 10.0. The largest absolute Gasteiger partial charge is 0.377 e. The van der Waals surface area contributed by atoms with Crippen LogP contribution in [0.1, 0.15) is 23.4 Å². The van der Waals surface area contributed by atoms with Crippen LogP contribution in [0.5, 0.6) is 0 Å². The number of hydrogen-bond acceptors (Lipinski definition) is 2. The molecule has 21 heavy (non-hydrogen) atoms. The van der Waals surface area contributed by atoms with Gasteiger partial charge >= 0.3 is 0 Å². The topological polar surface area (TPSA) is 12.0 Å². The van der Waals surface area contributed by atoms with E-state index in [2.05, 4.69) is 85.2 Å². The Kier molecular flexibility index (Phi) is 4.07. The average Bonchev–Trinajstić information content (AvgIpc) is 2.95. The van der Waals surface area contributed by atoms with Gasteiger partial charge in [-0.1, -0.05) is 48.5 Å². The molecule has 1 atom stereocenters. The first-order valence-corrected chi connectivity index (χ1v) is 8.08. The fraction of sp³-hybridized carbons (Fsp3) is 0.158. The first-order valence-electron chi connectivity index (χ1n) is 7.20. The van der Waals surface area contributed by atoms with Gasteiger partial charge in [0.25, 0.3) is 0 Å². The van der Waals surface area contributed by atoms with Crippen LogP contribution >= 0.6 is 11.3 Å². The molecule has 1 heterocycles. The summed E-state index contributed by atoms with van der Waals surface area (Å²) in [6, 6.07) is 21.5. The zero-order valence-electron chi connectivity index (χ0n) is 12.3. The number of hydrogen-bond donors (Lipinski definition) is 1. The molecular formula is C19H19NS. The van der Waals surface area contributed by atoms with Gasteiger partial charge in [0.1, 0.15) is 0 Å². The van der Waals surface area contributed by atoms with Crippen LogP contribution in [-0.4, -0.2) is 0 Å². The smallest absolute Gasteiger partial charge is 0.0581 e. The zero-order valence-corrected chi connectivity index (χ0v) is 13.2. The molecule has 0 bridgehead atoms. The molecule has 0 radical (unpaired) electrons. The third-order valence-electron chi connectivity index (χ3n) is 3.68. The predicted molar refractivity (Wildman–Crippen MR) is 93.0 cm³/mol. The van der Waals surface area contributed by atoms with Crippen molar-refractivity contribution in [3.05, 3.63) is 76.5 Å². The summed E-state index contributed by atoms with van der Waals surface area (Å²) >= 11 is 1.82. The normalized spacial score (nSPS) is 12.1. The summed E-state index contributed by atoms with van der Waals surface area (Å²) in [6.45, 7) is 4.40. The maximum absolute atomic E-state index is 3.66. The van der Waals surface area contributed by atoms with E-state index in [4.69, 9.17) is 0 Å². The first-order chi connectivity index (χ1) is 10.3. The molecule has 2 aromatic carbocycles. The molecule has 1 unspecified atom stereocenters. The number of aryl methyl sites for hydroxylation is 1. The molecule has 0 aliphatic heterocycles. The molecule has 3 rings (SSSR count). The summed E-state index contributed by atoms with van der Waals surface area (Å²) in [7, 11) is 0. The number of para-hydroxylation sites is 1. The Bertz CT molecular complexity index is 715. The Balaban J connectivity index is 1.92. The van der Waals surface area contributed by atoms with Crippen molar-refractivity contribution in [2.24, 2.45) is 0 Å². The van der Waals surface area contributed by atoms with Gasteiger partial charge in [-0.2, -0.15) is 0 Å². The lowest BCUT2D eigenvalue weighted by Crippen LogP contribution is -2.07. The van der Waals surface area contributed by atoms with E-state index in [0.29, 0.717) is 6.04 Å². The Hall–Kier alpha value is -2.06. The van der Waals surface area contributed by atoms with Crippen LogP contribution in [0.25, 0.3) is 11.1 Å². The molecule has 0 aliphatic rings. The van der Waals surface area contributed by atoms with Crippen LogP contribution in [-0.2, 0) is 0 Å². The Morgan fingerprint density at radius 1 is 0.905 bits per heavy atom. The van der Waals surface area contributed by atoms with Gasteiger partial charge < -0.3 is 5.32 Å². The van der Waals surface area contributed by atoms with E-state index in [0.717, 1.165) is 0 Å². The molecule has 0 spiro atoms. The van der Waals surface area contributed by atoms with E-state index in [1.165, 1.54) is 27.3 Å². The molecular weight excluding hydrogens is 274 g/mol. The number of anilines is 1. The van der Waals surface area contributed by atoms with Gasteiger partial charge in [0, 0.05) is 16.1 Å². The summed E-state index contributed by atoms with van der Waals surface area (Å²) in [4.78, 5) is 1.40. The minimum atomic E-state index is 0.315. The highest BCUT2D eigenvalue weighted by atomic mass is 32.1. The summed E-state index contributed by atoms with van der Waals surface area (Å²) in [5.41, 5.74) is 5.04. The van der Waals surface area contributed by atoms with Crippen molar-refractivity contribution in [1.82, 2.24) is 0 Å². The van der Waals surface area contributed by atoms with Crippen molar-refractivity contribution in [3.63, 3.8) is 0 Å². The third-order valence-corrected chi connectivity index (χ3v) is 4.88. The van der Waals surface area contributed by atoms with Crippen LogP contribution in [0.2, 0.25) is 0 Å². The summed E-state index contributed by atoms with van der Waals surface area (Å²) in [5.74, 6) is 0. The molecule has 1 aromatic heterocycles. The highest BCUT2D eigenvalue weighted by Crippen LogP contribution is 2.32. The molecule has 106 valence electrons. The molecule has 0 aliphatic carbocycles. The minimum absolute atomic E-state index is 0.315. The van der Waals surface area contributed by atoms with E-state index >= 15 is 0 Å². The summed E-state index contributed by atoms with van der Waals surface area (Å²) in [6.07, 6.45) is 0. The van der Waals surface area contributed by atoms with E-state index in [-0.39, 0.29) is 0 Å². The van der Waals surface area contributed by atoms with Crippen LogP contribution in [0.3, 0.4) is 0 Å². The maximum Gasteiger partial charge on any atom is 0.0581 e. The lowest BCUT2D eigenvalue weighted by Gasteiger charge is -2.18. The average molecular weight is 293 g/mol. The predicted octanol–water partition coefficient (Wildman–Crippen LogP) is 5.90. The second-order valence-electron chi connectivity index (χ2n) is 5.25. The van der Waals surface area contributed by atoms with Crippen molar-refractivity contribution < 1.29 is 0 Å². The summed E-state index contributed by atoms with van der Waals surface area (Å²) < 4.78 is 0.